The van der Waals surface area contributed by atoms with Crippen LogP contribution in [0.5, 0.6) is 0 Å². The van der Waals surface area contributed by atoms with Gasteiger partial charge in [0.1, 0.15) is 0 Å². The second kappa shape index (κ2) is 6.56. The van der Waals surface area contributed by atoms with Crippen molar-refractivity contribution >= 4 is 11.6 Å². The third-order valence-electron chi connectivity index (χ3n) is 4.25. The summed E-state index contributed by atoms with van der Waals surface area (Å²) in [5.74, 6) is 0. The standard InChI is InChI=1S/C17H20ClN3/c18-15-7-2-1-6-14(15)17(11-19)21-10-4-8-16(21)13-5-3-9-20-12-13/h1-3,5-7,9,12,16-17H,4,8,10-11,19H2. The minimum absolute atomic E-state index is 0.159. The highest BCUT2D eigenvalue weighted by molar-refractivity contribution is 6.31. The van der Waals surface area contributed by atoms with Crippen molar-refractivity contribution in [1.29, 1.82) is 0 Å². The van der Waals surface area contributed by atoms with Gasteiger partial charge in [-0.1, -0.05) is 35.9 Å². The van der Waals surface area contributed by atoms with Gasteiger partial charge in [0.25, 0.3) is 0 Å². The van der Waals surface area contributed by atoms with Gasteiger partial charge in [0.15, 0.2) is 0 Å². The molecule has 1 aliphatic heterocycles. The van der Waals surface area contributed by atoms with Crippen LogP contribution in [0.2, 0.25) is 5.02 Å². The molecule has 2 unspecified atom stereocenters. The van der Waals surface area contributed by atoms with Crippen LogP contribution in [0.3, 0.4) is 0 Å². The molecule has 1 aliphatic rings. The Morgan fingerprint density at radius 2 is 2.14 bits per heavy atom. The maximum atomic E-state index is 6.38. The molecule has 21 heavy (non-hydrogen) atoms. The van der Waals surface area contributed by atoms with Gasteiger partial charge < -0.3 is 5.73 Å². The van der Waals surface area contributed by atoms with E-state index in [0.717, 1.165) is 23.6 Å². The van der Waals surface area contributed by atoms with Crippen molar-refractivity contribution in [3.8, 4) is 0 Å². The van der Waals surface area contributed by atoms with Gasteiger partial charge in [0.05, 0.1) is 0 Å². The molecule has 0 aliphatic carbocycles. The van der Waals surface area contributed by atoms with E-state index >= 15 is 0 Å². The fourth-order valence-corrected chi connectivity index (χ4v) is 3.54. The average molecular weight is 302 g/mol. The maximum absolute atomic E-state index is 6.38. The van der Waals surface area contributed by atoms with Crippen molar-refractivity contribution in [3.05, 3.63) is 64.9 Å². The fraction of sp³-hybridized carbons (Fsp3) is 0.353. The zero-order valence-corrected chi connectivity index (χ0v) is 12.7. The van der Waals surface area contributed by atoms with Crippen LogP contribution in [0.4, 0.5) is 0 Å². The Bertz CT molecular complexity index is 588. The molecule has 1 saturated heterocycles. The fourth-order valence-electron chi connectivity index (χ4n) is 3.28. The average Bonchev–Trinajstić information content (AvgIpc) is 3.00. The van der Waals surface area contributed by atoms with E-state index in [1.807, 2.05) is 36.7 Å². The summed E-state index contributed by atoms with van der Waals surface area (Å²) in [6.45, 7) is 1.62. The van der Waals surface area contributed by atoms with Gasteiger partial charge in [-0.05, 0) is 42.6 Å². The highest BCUT2D eigenvalue weighted by Crippen LogP contribution is 2.39. The van der Waals surface area contributed by atoms with E-state index in [1.54, 1.807) is 0 Å². The van der Waals surface area contributed by atoms with Crippen molar-refractivity contribution in [1.82, 2.24) is 9.88 Å². The predicted octanol–water partition coefficient (Wildman–Crippen LogP) is 3.57. The monoisotopic (exact) mass is 301 g/mol. The summed E-state index contributed by atoms with van der Waals surface area (Å²) in [6, 6.07) is 12.7. The number of likely N-dealkylation sites (tertiary alicyclic amines) is 1. The third-order valence-corrected chi connectivity index (χ3v) is 4.60. The number of hydrogen-bond donors (Lipinski definition) is 1. The largest absolute Gasteiger partial charge is 0.329 e. The van der Waals surface area contributed by atoms with Crippen molar-refractivity contribution < 1.29 is 0 Å². The molecule has 3 nitrogen and oxygen atoms in total. The predicted molar refractivity (Wildman–Crippen MR) is 86.2 cm³/mol. The third kappa shape index (κ3) is 2.95. The molecule has 0 radical (unpaired) electrons. The van der Waals surface area contributed by atoms with Gasteiger partial charge in [0.2, 0.25) is 0 Å². The molecule has 2 heterocycles. The van der Waals surface area contributed by atoms with Crippen molar-refractivity contribution in [2.75, 3.05) is 13.1 Å². The molecule has 2 N–H and O–H groups in total. The molecule has 0 bridgehead atoms. The lowest BCUT2D eigenvalue weighted by molar-refractivity contribution is 0.185. The summed E-state index contributed by atoms with van der Waals surface area (Å²) in [4.78, 5) is 6.73. The number of nitrogens with zero attached hydrogens (tertiary/aromatic N) is 2. The van der Waals surface area contributed by atoms with Crippen molar-refractivity contribution in [2.45, 2.75) is 24.9 Å². The van der Waals surface area contributed by atoms with E-state index in [4.69, 9.17) is 17.3 Å². The maximum Gasteiger partial charge on any atom is 0.0491 e. The summed E-state index contributed by atoms with van der Waals surface area (Å²) in [7, 11) is 0. The number of rotatable bonds is 4. The molecule has 110 valence electrons. The molecule has 2 aromatic rings. The van der Waals surface area contributed by atoms with Gasteiger partial charge in [-0.25, -0.2) is 0 Å². The number of halogens is 1. The van der Waals surface area contributed by atoms with Crippen LogP contribution in [0, 0.1) is 0 Å². The van der Waals surface area contributed by atoms with Gasteiger partial charge in [-0.3, -0.25) is 9.88 Å². The van der Waals surface area contributed by atoms with Gasteiger partial charge >= 0.3 is 0 Å². The van der Waals surface area contributed by atoms with Crippen LogP contribution < -0.4 is 5.73 Å². The minimum atomic E-state index is 0.159. The molecular weight excluding hydrogens is 282 g/mol. The Kier molecular flexibility index (Phi) is 4.54. The second-order valence-electron chi connectivity index (χ2n) is 5.46. The minimum Gasteiger partial charge on any atom is -0.329 e. The molecule has 1 aromatic heterocycles. The molecule has 1 aromatic carbocycles. The first kappa shape index (κ1) is 14.5. The highest BCUT2D eigenvalue weighted by Gasteiger charge is 2.32. The second-order valence-corrected chi connectivity index (χ2v) is 5.86. The molecule has 0 spiro atoms. The Labute approximate surface area is 130 Å². The summed E-state index contributed by atoms with van der Waals surface area (Å²) < 4.78 is 0. The normalized spacial score (nSPS) is 20.6. The first-order valence-electron chi connectivity index (χ1n) is 7.41. The van der Waals surface area contributed by atoms with Crippen molar-refractivity contribution in [3.63, 3.8) is 0 Å². The molecule has 0 saturated carbocycles. The molecule has 1 fully saturated rings. The smallest absolute Gasteiger partial charge is 0.0491 e. The Hall–Kier alpha value is -1.42. The number of benzene rings is 1. The Morgan fingerprint density at radius 1 is 1.29 bits per heavy atom. The first-order valence-corrected chi connectivity index (χ1v) is 7.79. The van der Waals surface area contributed by atoms with Gasteiger partial charge in [0, 0.05) is 36.0 Å². The van der Waals surface area contributed by atoms with E-state index in [9.17, 15) is 0 Å². The van der Waals surface area contributed by atoms with Crippen LogP contribution in [0.1, 0.15) is 36.1 Å². The Morgan fingerprint density at radius 3 is 2.86 bits per heavy atom. The number of nitrogens with two attached hydrogens (primary N) is 1. The van der Waals surface area contributed by atoms with E-state index < -0.39 is 0 Å². The Balaban J connectivity index is 1.91. The summed E-state index contributed by atoms with van der Waals surface area (Å²) in [6.07, 6.45) is 6.10. The van der Waals surface area contributed by atoms with Crippen LogP contribution in [-0.4, -0.2) is 23.0 Å². The van der Waals surface area contributed by atoms with Crippen LogP contribution in [0.25, 0.3) is 0 Å². The summed E-state index contributed by atoms with van der Waals surface area (Å²) >= 11 is 6.38. The quantitative estimate of drug-likeness (QED) is 0.938. The lowest BCUT2D eigenvalue weighted by Gasteiger charge is -2.33. The van der Waals surface area contributed by atoms with Gasteiger partial charge in [-0.2, -0.15) is 0 Å². The number of aromatic nitrogens is 1. The lowest BCUT2D eigenvalue weighted by Crippen LogP contribution is -2.33. The van der Waals surface area contributed by atoms with Crippen LogP contribution in [-0.2, 0) is 0 Å². The summed E-state index contributed by atoms with van der Waals surface area (Å²) in [5.41, 5.74) is 8.46. The van der Waals surface area contributed by atoms with E-state index in [2.05, 4.69) is 22.0 Å². The molecule has 4 heteroatoms. The van der Waals surface area contributed by atoms with E-state index in [1.165, 1.54) is 12.0 Å². The molecule has 3 rings (SSSR count). The van der Waals surface area contributed by atoms with Gasteiger partial charge in [-0.15, -0.1) is 0 Å². The van der Waals surface area contributed by atoms with E-state index in [0.29, 0.717) is 12.6 Å². The van der Waals surface area contributed by atoms with Crippen LogP contribution >= 0.6 is 11.6 Å². The highest BCUT2D eigenvalue weighted by atomic mass is 35.5. The van der Waals surface area contributed by atoms with E-state index in [-0.39, 0.29) is 6.04 Å². The topological polar surface area (TPSA) is 42.1 Å². The lowest BCUT2D eigenvalue weighted by atomic mass is 10.0. The van der Waals surface area contributed by atoms with Crippen LogP contribution in [0.15, 0.2) is 48.8 Å². The summed E-state index contributed by atoms with van der Waals surface area (Å²) in [5, 5.41) is 0.796. The first-order chi connectivity index (χ1) is 10.3. The SMILES string of the molecule is NCC(c1ccccc1Cl)N1CCCC1c1cccnc1. The number of pyridine rings is 1. The molecule has 2 atom stereocenters. The van der Waals surface area contributed by atoms with Crippen molar-refractivity contribution in [2.24, 2.45) is 5.73 Å². The zero-order chi connectivity index (χ0) is 14.7. The zero-order valence-electron chi connectivity index (χ0n) is 12.0. The molecule has 0 amide bonds. The number of hydrogen-bond acceptors (Lipinski definition) is 3. The molecular formula is C17H20ClN3.